The third-order valence-corrected chi connectivity index (χ3v) is 7.03. The van der Waals surface area contributed by atoms with Crippen LogP contribution < -0.4 is 15.2 Å². The Bertz CT molecular complexity index is 1440. The molecule has 1 saturated heterocycles. The molecule has 1 fully saturated rings. The van der Waals surface area contributed by atoms with E-state index in [1.54, 1.807) is 18.9 Å². The fraction of sp³-hybridized carbons (Fsp3) is 0.407. The summed E-state index contributed by atoms with van der Waals surface area (Å²) in [5, 5.41) is 13.6. The molecule has 1 aliphatic rings. The van der Waals surface area contributed by atoms with Crippen LogP contribution in [0.4, 0.5) is 5.69 Å². The van der Waals surface area contributed by atoms with Crippen molar-refractivity contribution in [3.63, 3.8) is 0 Å². The van der Waals surface area contributed by atoms with Crippen molar-refractivity contribution in [3.05, 3.63) is 75.3 Å². The van der Waals surface area contributed by atoms with Gasteiger partial charge in [0, 0.05) is 38.9 Å². The molecule has 37 heavy (non-hydrogen) atoms. The van der Waals surface area contributed by atoms with E-state index in [0.717, 1.165) is 59.6 Å². The largest absolute Gasteiger partial charge is 0.495 e. The standard InChI is InChI=1S/C27H33N7O3/c1-18-15-19(2)24-20(16-18)17-21(27(35)28-24)25(26-29-30-31-34(26)13-14-36-3)33-11-9-32(10-12-33)22-7-5-6-8-23(22)37-4/h5-8,15-17,25H,9-14H2,1-4H3,(H,28,35)/t25-/m0/s1. The second-order valence-electron chi connectivity index (χ2n) is 9.45. The fourth-order valence-electron chi connectivity index (χ4n) is 5.26. The first-order chi connectivity index (χ1) is 18.0. The Hall–Kier alpha value is -3.76. The van der Waals surface area contributed by atoms with Crippen molar-refractivity contribution in [2.24, 2.45) is 0 Å². The molecule has 10 heteroatoms. The number of H-pyrrole nitrogens is 1. The number of piperazine rings is 1. The number of ether oxygens (including phenoxy) is 2. The maximum absolute atomic E-state index is 13.5. The summed E-state index contributed by atoms with van der Waals surface area (Å²) in [6, 6.07) is 13.8. The molecule has 1 N–H and O–H groups in total. The molecule has 1 atom stereocenters. The zero-order chi connectivity index (χ0) is 25.9. The normalized spacial score (nSPS) is 15.3. The lowest BCUT2D eigenvalue weighted by Crippen LogP contribution is -2.49. The van der Waals surface area contributed by atoms with Gasteiger partial charge < -0.3 is 19.4 Å². The number of hydrogen-bond donors (Lipinski definition) is 1. The van der Waals surface area contributed by atoms with Gasteiger partial charge in [-0.25, -0.2) is 4.68 Å². The first kappa shape index (κ1) is 24.9. The first-order valence-corrected chi connectivity index (χ1v) is 12.5. The molecule has 0 amide bonds. The van der Waals surface area contributed by atoms with E-state index in [9.17, 15) is 4.79 Å². The molecular formula is C27H33N7O3. The molecule has 5 rings (SSSR count). The van der Waals surface area contributed by atoms with Crippen molar-refractivity contribution in [3.8, 4) is 5.75 Å². The van der Waals surface area contributed by atoms with Crippen LogP contribution in [0.15, 0.2) is 47.3 Å². The van der Waals surface area contributed by atoms with Crippen LogP contribution in [0, 0.1) is 13.8 Å². The molecule has 194 valence electrons. The number of methoxy groups -OCH3 is 2. The predicted molar refractivity (Wildman–Crippen MR) is 142 cm³/mol. The summed E-state index contributed by atoms with van der Waals surface area (Å²) in [4.78, 5) is 21.3. The van der Waals surface area contributed by atoms with Crippen LogP contribution in [-0.2, 0) is 11.3 Å². The number of benzene rings is 2. The van der Waals surface area contributed by atoms with Crippen LogP contribution in [0.5, 0.6) is 5.75 Å². The highest BCUT2D eigenvalue weighted by atomic mass is 16.5. The average Bonchev–Trinajstić information content (AvgIpc) is 3.37. The van der Waals surface area contributed by atoms with Gasteiger partial charge in [-0.15, -0.1) is 5.10 Å². The Morgan fingerprint density at radius 2 is 1.84 bits per heavy atom. The van der Waals surface area contributed by atoms with E-state index < -0.39 is 6.04 Å². The molecule has 2 aromatic heterocycles. The van der Waals surface area contributed by atoms with E-state index in [4.69, 9.17) is 9.47 Å². The molecular weight excluding hydrogens is 470 g/mol. The van der Waals surface area contributed by atoms with E-state index in [0.29, 0.717) is 24.5 Å². The number of para-hydroxylation sites is 2. The van der Waals surface area contributed by atoms with Gasteiger partial charge in [-0.1, -0.05) is 23.8 Å². The Morgan fingerprint density at radius 3 is 2.59 bits per heavy atom. The maximum Gasteiger partial charge on any atom is 0.253 e. The molecule has 0 saturated carbocycles. The van der Waals surface area contributed by atoms with Crippen LogP contribution in [0.3, 0.4) is 0 Å². The highest BCUT2D eigenvalue weighted by molar-refractivity contribution is 5.83. The van der Waals surface area contributed by atoms with Crippen LogP contribution in [0.1, 0.15) is 28.6 Å². The summed E-state index contributed by atoms with van der Waals surface area (Å²) in [6.45, 7) is 8.07. The van der Waals surface area contributed by atoms with Gasteiger partial charge in [0.15, 0.2) is 5.82 Å². The van der Waals surface area contributed by atoms with Crippen molar-refractivity contribution < 1.29 is 9.47 Å². The number of tetrazole rings is 1. The number of nitrogens with zero attached hydrogens (tertiary/aromatic N) is 6. The molecule has 2 aromatic carbocycles. The van der Waals surface area contributed by atoms with Crippen molar-refractivity contribution in [2.75, 3.05) is 51.9 Å². The molecule has 0 radical (unpaired) electrons. The molecule has 10 nitrogen and oxygen atoms in total. The van der Waals surface area contributed by atoms with Gasteiger partial charge in [-0.05, 0) is 59.5 Å². The highest BCUT2D eigenvalue weighted by Gasteiger charge is 2.33. The fourth-order valence-corrected chi connectivity index (χ4v) is 5.26. The minimum Gasteiger partial charge on any atom is -0.495 e. The monoisotopic (exact) mass is 503 g/mol. The van der Waals surface area contributed by atoms with E-state index in [1.165, 1.54) is 0 Å². The zero-order valence-electron chi connectivity index (χ0n) is 21.8. The smallest absolute Gasteiger partial charge is 0.253 e. The Kier molecular flexibility index (Phi) is 7.20. The Labute approximate surface area is 215 Å². The summed E-state index contributed by atoms with van der Waals surface area (Å²) in [5.74, 6) is 1.49. The van der Waals surface area contributed by atoms with Gasteiger partial charge in [0.2, 0.25) is 0 Å². The lowest BCUT2D eigenvalue weighted by molar-refractivity contribution is 0.171. The van der Waals surface area contributed by atoms with Gasteiger partial charge in [0.25, 0.3) is 5.56 Å². The molecule has 4 aromatic rings. The zero-order valence-corrected chi connectivity index (χ0v) is 21.8. The molecule has 1 aliphatic heterocycles. The van der Waals surface area contributed by atoms with Crippen molar-refractivity contribution in [1.82, 2.24) is 30.1 Å². The number of aromatic amines is 1. The molecule has 0 spiro atoms. The van der Waals surface area contributed by atoms with Crippen LogP contribution in [-0.4, -0.2) is 77.1 Å². The minimum absolute atomic E-state index is 0.127. The molecule has 0 unspecified atom stereocenters. The third-order valence-electron chi connectivity index (χ3n) is 7.03. The number of rotatable bonds is 8. The number of hydrogen-bond acceptors (Lipinski definition) is 8. The summed E-state index contributed by atoms with van der Waals surface area (Å²) in [7, 11) is 3.34. The van der Waals surface area contributed by atoms with E-state index in [2.05, 4.69) is 55.4 Å². The quantitative estimate of drug-likeness (QED) is 0.392. The summed E-state index contributed by atoms with van der Waals surface area (Å²) in [6.07, 6.45) is 0. The second kappa shape index (κ2) is 10.7. The van der Waals surface area contributed by atoms with Crippen LogP contribution >= 0.6 is 0 Å². The number of fused-ring (bicyclic) bond motifs is 1. The van der Waals surface area contributed by atoms with Gasteiger partial charge in [0.05, 0.1) is 31.5 Å². The Balaban J connectivity index is 1.54. The van der Waals surface area contributed by atoms with Gasteiger partial charge in [-0.2, -0.15) is 0 Å². The molecule has 3 heterocycles. The lowest BCUT2D eigenvalue weighted by Gasteiger charge is -2.40. The highest BCUT2D eigenvalue weighted by Crippen LogP contribution is 2.32. The predicted octanol–water partition coefficient (Wildman–Crippen LogP) is 2.70. The van der Waals surface area contributed by atoms with E-state index >= 15 is 0 Å². The first-order valence-electron chi connectivity index (χ1n) is 12.5. The lowest BCUT2D eigenvalue weighted by atomic mass is 10.00. The number of aryl methyl sites for hydroxylation is 2. The van der Waals surface area contributed by atoms with Gasteiger partial charge in [0.1, 0.15) is 11.8 Å². The SMILES string of the molecule is COCCn1nnnc1[C@H](c1cc2cc(C)cc(C)c2[nH]c1=O)N1CCN(c2ccccc2OC)CC1. The van der Waals surface area contributed by atoms with Crippen LogP contribution in [0.2, 0.25) is 0 Å². The van der Waals surface area contributed by atoms with Gasteiger partial charge in [-0.3, -0.25) is 9.69 Å². The maximum atomic E-state index is 13.5. The van der Waals surface area contributed by atoms with Gasteiger partial charge >= 0.3 is 0 Å². The molecule has 0 bridgehead atoms. The van der Waals surface area contributed by atoms with E-state index in [-0.39, 0.29) is 5.56 Å². The van der Waals surface area contributed by atoms with Crippen molar-refractivity contribution >= 4 is 16.6 Å². The van der Waals surface area contributed by atoms with Crippen molar-refractivity contribution in [2.45, 2.75) is 26.4 Å². The summed E-state index contributed by atoms with van der Waals surface area (Å²) < 4.78 is 12.6. The summed E-state index contributed by atoms with van der Waals surface area (Å²) >= 11 is 0. The average molecular weight is 504 g/mol. The Morgan fingerprint density at radius 1 is 1.05 bits per heavy atom. The van der Waals surface area contributed by atoms with Crippen LogP contribution in [0.25, 0.3) is 10.9 Å². The topological polar surface area (TPSA) is 101 Å². The molecule has 0 aliphatic carbocycles. The number of aromatic nitrogens is 5. The summed E-state index contributed by atoms with van der Waals surface area (Å²) in [5.41, 5.74) is 4.63. The number of anilines is 1. The third kappa shape index (κ3) is 4.94. The minimum atomic E-state index is -0.402. The number of pyridine rings is 1. The van der Waals surface area contributed by atoms with E-state index in [1.807, 2.05) is 31.2 Å². The van der Waals surface area contributed by atoms with Crippen molar-refractivity contribution in [1.29, 1.82) is 0 Å². The second-order valence-corrected chi connectivity index (χ2v) is 9.45. The number of nitrogens with one attached hydrogen (secondary N) is 1.